The summed E-state index contributed by atoms with van der Waals surface area (Å²) in [4.78, 5) is 12.8. The summed E-state index contributed by atoms with van der Waals surface area (Å²) in [5, 5.41) is 4.06. The van der Waals surface area contributed by atoms with E-state index in [1.807, 2.05) is 41.9 Å². The van der Waals surface area contributed by atoms with Crippen LogP contribution < -0.4 is 4.90 Å². The van der Waals surface area contributed by atoms with Gasteiger partial charge < -0.3 is 4.90 Å². The summed E-state index contributed by atoms with van der Waals surface area (Å²) in [6.45, 7) is 0. The van der Waals surface area contributed by atoms with Gasteiger partial charge in [-0.25, -0.2) is 4.98 Å². The molecule has 2 aliphatic rings. The molecule has 3 nitrogen and oxygen atoms in total. The number of fused-ring (bicyclic) bond motifs is 4. The molecule has 2 aromatic carbocycles. The summed E-state index contributed by atoms with van der Waals surface area (Å²) in [5.74, 6) is 0.910. The van der Waals surface area contributed by atoms with Crippen molar-refractivity contribution in [1.82, 2.24) is 9.97 Å². The summed E-state index contributed by atoms with van der Waals surface area (Å²) in [7, 11) is 0. The lowest BCUT2D eigenvalue weighted by Gasteiger charge is -2.26. The van der Waals surface area contributed by atoms with Crippen molar-refractivity contribution < 1.29 is 0 Å². The van der Waals surface area contributed by atoms with Crippen molar-refractivity contribution in [2.75, 3.05) is 4.90 Å². The molecule has 0 saturated heterocycles. The Morgan fingerprint density at radius 3 is 2.78 bits per heavy atom. The van der Waals surface area contributed by atoms with Gasteiger partial charge in [-0.1, -0.05) is 24.3 Å². The number of nitrogens with zero attached hydrogens (tertiary/aromatic N) is 3. The number of hydrogen-bond acceptors (Lipinski definition) is 4. The van der Waals surface area contributed by atoms with E-state index < -0.39 is 0 Å². The van der Waals surface area contributed by atoms with Crippen LogP contribution in [0.15, 0.2) is 79.3 Å². The first-order chi connectivity index (χ1) is 15.9. The number of anilines is 2. The zero-order chi connectivity index (χ0) is 21.1. The van der Waals surface area contributed by atoms with Gasteiger partial charge in [-0.2, -0.15) is 0 Å². The topological polar surface area (TPSA) is 29.0 Å². The lowest BCUT2D eigenvalue weighted by atomic mass is 9.94. The second kappa shape index (κ2) is 6.87. The van der Waals surface area contributed by atoms with Crippen molar-refractivity contribution in [3.63, 3.8) is 0 Å². The molecule has 3 aromatic heterocycles. The fraction of sp³-hybridized carbons (Fsp3) is 0.0714. The van der Waals surface area contributed by atoms with Crippen LogP contribution in [0.4, 0.5) is 11.5 Å². The van der Waals surface area contributed by atoms with Crippen LogP contribution in [-0.2, 0) is 6.42 Å². The predicted octanol–water partition coefficient (Wildman–Crippen LogP) is 7.59. The third-order valence-corrected chi connectivity index (χ3v) is 7.65. The van der Waals surface area contributed by atoms with E-state index in [1.165, 1.54) is 42.6 Å². The highest BCUT2D eigenvalue weighted by atomic mass is 32.1. The maximum Gasteiger partial charge on any atom is 0.137 e. The molecule has 1 aliphatic carbocycles. The minimum atomic E-state index is 0.910. The fourth-order valence-corrected chi connectivity index (χ4v) is 6.19. The van der Waals surface area contributed by atoms with Crippen molar-refractivity contribution >= 4 is 55.9 Å². The quantitative estimate of drug-likeness (QED) is 0.289. The summed E-state index contributed by atoms with van der Waals surface area (Å²) in [6.07, 6.45) is 15.0. The molecule has 152 valence electrons. The first-order valence-electron chi connectivity index (χ1n) is 10.9. The number of thiophene rings is 1. The molecule has 0 radical (unpaired) electrons. The molecule has 0 N–H and O–H groups in total. The average Bonchev–Trinajstić information content (AvgIpc) is 3.24. The zero-order valence-corrected chi connectivity index (χ0v) is 18.1. The summed E-state index contributed by atoms with van der Waals surface area (Å²) < 4.78 is 1.40. The Hall–Kier alpha value is -3.76. The Morgan fingerprint density at radius 2 is 1.91 bits per heavy atom. The highest BCUT2D eigenvalue weighted by molar-refractivity contribution is 7.21. The molecule has 0 atom stereocenters. The molecule has 0 amide bonds. The van der Waals surface area contributed by atoms with Gasteiger partial charge in [0.25, 0.3) is 0 Å². The van der Waals surface area contributed by atoms with Crippen LogP contribution in [-0.4, -0.2) is 9.97 Å². The van der Waals surface area contributed by atoms with Gasteiger partial charge >= 0.3 is 0 Å². The molecule has 0 fully saturated rings. The van der Waals surface area contributed by atoms with E-state index in [-0.39, 0.29) is 0 Å². The van der Waals surface area contributed by atoms with Crippen molar-refractivity contribution in [2.24, 2.45) is 0 Å². The molecule has 0 bridgehead atoms. The van der Waals surface area contributed by atoms with Crippen LogP contribution in [0.3, 0.4) is 0 Å². The second-order valence-electron chi connectivity index (χ2n) is 8.23. The lowest BCUT2D eigenvalue weighted by Crippen LogP contribution is -2.13. The van der Waals surface area contributed by atoms with E-state index in [4.69, 9.17) is 4.98 Å². The predicted molar refractivity (Wildman–Crippen MR) is 135 cm³/mol. The van der Waals surface area contributed by atoms with Gasteiger partial charge in [0.2, 0.25) is 0 Å². The highest BCUT2D eigenvalue weighted by Crippen LogP contribution is 2.46. The number of hydrogen-bond donors (Lipinski definition) is 0. The normalized spacial score (nSPS) is 14.3. The maximum atomic E-state index is 4.78. The SMILES string of the molecule is C1=Cc2sc3c(cc4c5c(cccc53)N(c3ccc(-c5ccccn5)cn3)C=C4)c2CC1. The monoisotopic (exact) mass is 429 g/mol. The van der Waals surface area contributed by atoms with Gasteiger partial charge in [-0.3, -0.25) is 4.98 Å². The molecular formula is C28H19N3S. The van der Waals surface area contributed by atoms with E-state index in [2.05, 4.69) is 70.7 Å². The van der Waals surface area contributed by atoms with Gasteiger partial charge in [0, 0.05) is 44.5 Å². The van der Waals surface area contributed by atoms with Crippen LogP contribution in [0.1, 0.15) is 22.4 Å². The zero-order valence-electron chi connectivity index (χ0n) is 17.3. The Balaban J connectivity index is 1.38. The van der Waals surface area contributed by atoms with E-state index in [0.29, 0.717) is 0 Å². The first-order valence-corrected chi connectivity index (χ1v) is 11.7. The van der Waals surface area contributed by atoms with Crippen LogP contribution >= 0.6 is 11.3 Å². The van der Waals surface area contributed by atoms with E-state index in [9.17, 15) is 0 Å². The van der Waals surface area contributed by atoms with Crippen molar-refractivity contribution in [1.29, 1.82) is 0 Å². The van der Waals surface area contributed by atoms with E-state index in [0.717, 1.165) is 29.9 Å². The average molecular weight is 430 g/mol. The largest absolute Gasteiger partial charge is 0.301 e. The third-order valence-electron chi connectivity index (χ3n) is 6.40. The van der Waals surface area contributed by atoms with Crippen molar-refractivity contribution in [2.45, 2.75) is 12.8 Å². The molecule has 0 unspecified atom stereocenters. The Bertz CT molecular complexity index is 1560. The molecule has 0 spiro atoms. The second-order valence-corrected chi connectivity index (χ2v) is 9.29. The minimum Gasteiger partial charge on any atom is -0.301 e. The van der Waals surface area contributed by atoms with Crippen LogP contribution in [0.2, 0.25) is 0 Å². The Labute approximate surface area is 190 Å². The maximum absolute atomic E-state index is 4.78. The van der Waals surface area contributed by atoms with Crippen molar-refractivity contribution in [3.05, 3.63) is 95.3 Å². The van der Waals surface area contributed by atoms with Gasteiger partial charge in [-0.15, -0.1) is 11.3 Å². The summed E-state index contributed by atoms with van der Waals surface area (Å²) >= 11 is 1.93. The molecule has 4 heterocycles. The smallest absolute Gasteiger partial charge is 0.137 e. The van der Waals surface area contributed by atoms with Crippen molar-refractivity contribution in [3.8, 4) is 11.3 Å². The standard InChI is InChI=1S/C28H19N3S/c1-2-10-25-20(6-1)22-16-18-13-15-31(24-9-5-7-21(27(18)24)28(22)32-25)26-12-11-19(17-30-26)23-8-3-4-14-29-23/h2-5,7-17H,1,6H2. The van der Waals surface area contributed by atoms with Gasteiger partial charge in [-0.05, 0) is 77.9 Å². The molecular weight excluding hydrogens is 410 g/mol. The summed E-state index contributed by atoms with van der Waals surface area (Å²) in [6, 6.07) is 19.1. The van der Waals surface area contributed by atoms with Crippen LogP contribution in [0.25, 0.3) is 44.3 Å². The van der Waals surface area contributed by atoms with Crippen LogP contribution in [0.5, 0.6) is 0 Å². The Kier molecular flexibility index (Phi) is 3.84. The first kappa shape index (κ1) is 17.9. The highest BCUT2D eigenvalue weighted by Gasteiger charge is 2.22. The van der Waals surface area contributed by atoms with Crippen LogP contribution in [0, 0.1) is 0 Å². The third kappa shape index (κ3) is 2.60. The molecule has 1 aliphatic heterocycles. The number of allylic oxidation sites excluding steroid dienone is 1. The molecule has 5 aromatic rings. The van der Waals surface area contributed by atoms with Gasteiger partial charge in [0.1, 0.15) is 5.82 Å². The Morgan fingerprint density at radius 1 is 0.906 bits per heavy atom. The number of benzene rings is 2. The minimum absolute atomic E-state index is 0.910. The molecule has 0 saturated carbocycles. The summed E-state index contributed by atoms with van der Waals surface area (Å²) in [5.41, 5.74) is 5.94. The number of aromatic nitrogens is 2. The fourth-order valence-electron chi connectivity index (χ4n) is 4.90. The van der Waals surface area contributed by atoms with Gasteiger partial charge in [0.05, 0.1) is 11.4 Å². The number of aryl methyl sites for hydroxylation is 1. The number of rotatable bonds is 2. The van der Waals surface area contributed by atoms with E-state index in [1.54, 1.807) is 0 Å². The molecule has 4 heteroatoms. The molecule has 32 heavy (non-hydrogen) atoms. The lowest BCUT2D eigenvalue weighted by molar-refractivity contribution is 1.01. The number of pyridine rings is 2. The molecule has 7 rings (SSSR count). The van der Waals surface area contributed by atoms with E-state index >= 15 is 0 Å². The van der Waals surface area contributed by atoms with Gasteiger partial charge in [0.15, 0.2) is 0 Å².